The van der Waals surface area contributed by atoms with Gasteiger partial charge in [-0.25, -0.2) is 18.9 Å². The Hall–Kier alpha value is -2.83. The highest BCUT2D eigenvalue weighted by Gasteiger charge is 2.27. The monoisotopic (exact) mass is 326 g/mol. The van der Waals surface area contributed by atoms with Crippen molar-refractivity contribution in [2.45, 2.75) is 25.3 Å². The number of rotatable bonds is 5. The van der Waals surface area contributed by atoms with Gasteiger partial charge in [-0.05, 0) is 37.1 Å². The molecule has 122 valence electrons. The zero-order valence-electron chi connectivity index (χ0n) is 12.9. The fraction of sp³-hybridized carbons (Fsp3) is 0.294. The standard InChI is InChI=1S/C17H15FN4O2/c18-12-3-4-15-13(7-12)14(8-16(21-15)11-1-2-11)17(23)24-6-5-22-10-19-9-20-22/h3-4,7-11H,1-2,5-6H2. The number of carbonyl (C=O) groups is 1. The van der Waals surface area contributed by atoms with Gasteiger partial charge >= 0.3 is 5.97 Å². The van der Waals surface area contributed by atoms with Crippen molar-refractivity contribution in [3.05, 3.63) is 54.0 Å². The molecular weight excluding hydrogens is 311 g/mol. The minimum absolute atomic E-state index is 0.167. The molecule has 0 N–H and O–H groups in total. The Morgan fingerprint density at radius 3 is 2.96 bits per heavy atom. The highest BCUT2D eigenvalue weighted by atomic mass is 19.1. The number of halogens is 1. The van der Waals surface area contributed by atoms with E-state index in [9.17, 15) is 9.18 Å². The number of fused-ring (bicyclic) bond motifs is 1. The lowest BCUT2D eigenvalue weighted by molar-refractivity contribution is 0.0489. The van der Waals surface area contributed by atoms with Gasteiger partial charge in [0.15, 0.2) is 0 Å². The number of benzene rings is 1. The second-order valence-corrected chi connectivity index (χ2v) is 5.82. The first-order valence-corrected chi connectivity index (χ1v) is 7.80. The summed E-state index contributed by atoms with van der Waals surface area (Å²) in [5, 5.41) is 4.42. The lowest BCUT2D eigenvalue weighted by Gasteiger charge is -2.10. The van der Waals surface area contributed by atoms with Gasteiger partial charge < -0.3 is 4.74 Å². The van der Waals surface area contributed by atoms with E-state index in [0.717, 1.165) is 18.5 Å². The van der Waals surface area contributed by atoms with Gasteiger partial charge in [0.2, 0.25) is 0 Å². The molecule has 1 aromatic carbocycles. The summed E-state index contributed by atoms with van der Waals surface area (Å²) < 4.78 is 20.5. The maximum absolute atomic E-state index is 13.6. The van der Waals surface area contributed by atoms with Crippen LogP contribution < -0.4 is 0 Å². The minimum atomic E-state index is -0.477. The number of ether oxygens (including phenoxy) is 1. The zero-order valence-corrected chi connectivity index (χ0v) is 12.9. The van der Waals surface area contributed by atoms with Crippen LogP contribution >= 0.6 is 0 Å². The van der Waals surface area contributed by atoms with Gasteiger partial charge in [0.25, 0.3) is 0 Å². The van der Waals surface area contributed by atoms with Gasteiger partial charge in [-0.3, -0.25) is 4.98 Å². The average Bonchev–Trinajstić information content (AvgIpc) is 3.31. The Balaban J connectivity index is 1.60. The van der Waals surface area contributed by atoms with Crippen molar-refractivity contribution < 1.29 is 13.9 Å². The highest BCUT2D eigenvalue weighted by Crippen LogP contribution is 2.40. The molecule has 0 spiro atoms. The second-order valence-electron chi connectivity index (χ2n) is 5.82. The molecule has 1 saturated carbocycles. The molecule has 1 fully saturated rings. The van der Waals surface area contributed by atoms with E-state index in [1.54, 1.807) is 23.1 Å². The van der Waals surface area contributed by atoms with Crippen molar-refractivity contribution in [1.29, 1.82) is 0 Å². The predicted octanol–water partition coefficient (Wildman–Crippen LogP) is 2.70. The normalized spacial score (nSPS) is 14.0. The quantitative estimate of drug-likeness (QED) is 0.674. The summed E-state index contributed by atoms with van der Waals surface area (Å²) in [6.07, 6.45) is 5.11. The fourth-order valence-electron chi connectivity index (χ4n) is 2.63. The molecule has 0 saturated heterocycles. The van der Waals surface area contributed by atoms with E-state index in [4.69, 9.17) is 4.74 Å². The van der Waals surface area contributed by atoms with E-state index < -0.39 is 11.8 Å². The molecule has 0 unspecified atom stereocenters. The van der Waals surface area contributed by atoms with Crippen molar-refractivity contribution in [3.8, 4) is 0 Å². The van der Waals surface area contributed by atoms with Gasteiger partial charge in [-0.15, -0.1) is 0 Å². The first kappa shape index (κ1) is 14.7. The number of pyridine rings is 1. The van der Waals surface area contributed by atoms with Crippen molar-refractivity contribution in [2.24, 2.45) is 0 Å². The molecular formula is C17H15FN4O2. The van der Waals surface area contributed by atoms with Gasteiger partial charge in [0, 0.05) is 17.0 Å². The number of aromatic nitrogens is 4. The maximum Gasteiger partial charge on any atom is 0.338 e. The Morgan fingerprint density at radius 2 is 2.21 bits per heavy atom. The van der Waals surface area contributed by atoms with Gasteiger partial charge in [-0.2, -0.15) is 5.10 Å². The van der Waals surface area contributed by atoms with Crippen LogP contribution in [-0.4, -0.2) is 32.3 Å². The molecule has 1 aliphatic rings. The molecule has 2 heterocycles. The van der Waals surface area contributed by atoms with Crippen LogP contribution in [0, 0.1) is 5.82 Å². The van der Waals surface area contributed by atoms with E-state index in [1.807, 2.05) is 0 Å². The molecule has 0 aliphatic heterocycles. The largest absolute Gasteiger partial charge is 0.460 e. The fourth-order valence-corrected chi connectivity index (χ4v) is 2.63. The van der Waals surface area contributed by atoms with E-state index in [0.29, 0.717) is 28.9 Å². The number of nitrogens with zero attached hydrogens (tertiary/aromatic N) is 4. The molecule has 24 heavy (non-hydrogen) atoms. The first-order valence-electron chi connectivity index (χ1n) is 7.80. The molecule has 0 radical (unpaired) electrons. The Labute approximate surface area is 137 Å². The number of hydrogen-bond acceptors (Lipinski definition) is 5. The van der Waals surface area contributed by atoms with Crippen LogP contribution in [0.4, 0.5) is 4.39 Å². The summed E-state index contributed by atoms with van der Waals surface area (Å²) in [6, 6.07) is 6.01. The second kappa shape index (κ2) is 5.99. The van der Waals surface area contributed by atoms with E-state index >= 15 is 0 Å². The Kier molecular flexibility index (Phi) is 3.68. The summed E-state index contributed by atoms with van der Waals surface area (Å²) >= 11 is 0. The van der Waals surface area contributed by atoms with Crippen molar-refractivity contribution >= 4 is 16.9 Å². The lowest BCUT2D eigenvalue weighted by Crippen LogP contribution is -2.13. The SMILES string of the molecule is O=C(OCCn1cncn1)c1cc(C2CC2)nc2ccc(F)cc12. The molecule has 1 aliphatic carbocycles. The molecule has 3 aromatic rings. The number of carbonyl (C=O) groups excluding carboxylic acids is 1. The van der Waals surface area contributed by atoms with E-state index in [-0.39, 0.29) is 6.61 Å². The third-order valence-electron chi connectivity index (χ3n) is 4.03. The van der Waals surface area contributed by atoms with Crippen LogP contribution in [0.3, 0.4) is 0 Å². The molecule has 0 bridgehead atoms. The zero-order chi connectivity index (χ0) is 16.5. The third kappa shape index (κ3) is 2.97. The van der Waals surface area contributed by atoms with Crippen LogP contribution in [0.15, 0.2) is 36.9 Å². The molecule has 2 aromatic heterocycles. The smallest absolute Gasteiger partial charge is 0.338 e. The van der Waals surface area contributed by atoms with Crippen LogP contribution in [0.25, 0.3) is 10.9 Å². The van der Waals surface area contributed by atoms with Crippen molar-refractivity contribution in [1.82, 2.24) is 19.7 Å². The summed E-state index contributed by atoms with van der Waals surface area (Å²) in [6.45, 7) is 0.582. The first-order chi connectivity index (χ1) is 11.7. The summed E-state index contributed by atoms with van der Waals surface area (Å²) in [7, 11) is 0. The lowest BCUT2D eigenvalue weighted by atomic mass is 10.1. The van der Waals surface area contributed by atoms with Crippen molar-refractivity contribution in [3.63, 3.8) is 0 Å². The van der Waals surface area contributed by atoms with E-state index in [1.165, 1.54) is 18.5 Å². The van der Waals surface area contributed by atoms with Crippen LogP contribution in [0.2, 0.25) is 0 Å². The summed E-state index contributed by atoms with van der Waals surface area (Å²) in [5.74, 6) is -0.490. The van der Waals surface area contributed by atoms with Crippen LogP contribution in [-0.2, 0) is 11.3 Å². The molecule has 0 amide bonds. The third-order valence-corrected chi connectivity index (χ3v) is 4.03. The van der Waals surface area contributed by atoms with E-state index in [2.05, 4.69) is 15.1 Å². The van der Waals surface area contributed by atoms with Gasteiger partial charge in [0.05, 0.1) is 17.6 Å². The predicted molar refractivity (Wildman–Crippen MR) is 84.0 cm³/mol. The summed E-state index contributed by atoms with van der Waals surface area (Å²) in [4.78, 5) is 20.8. The van der Waals surface area contributed by atoms with Crippen molar-refractivity contribution in [2.75, 3.05) is 6.61 Å². The Bertz CT molecular complexity index is 891. The average molecular weight is 326 g/mol. The number of esters is 1. The van der Waals surface area contributed by atoms with Crippen LogP contribution in [0.5, 0.6) is 0 Å². The molecule has 6 nitrogen and oxygen atoms in total. The van der Waals surface area contributed by atoms with Gasteiger partial charge in [0.1, 0.15) is 25.1 Å². The highest BCUT2D eigenvalue weighted by molar-refractivity contribution is 6.03. The topological polar surface area (TPSA) is 69.9 Å². The molecule has 7 heteroatoms. The molecule has 4 rings (SSSR count). The summed E-state index contributed by atoms with van der Waals surface area (Å²) in [5.41, 5.74) is 1.85. The number of hydrogen-bond donors (Lipinski definition) is 0. The minimum Gasteiger partial charge on any atom is -0.460 e. The maximum atomic E-state index is 13.6. The molecule has 0 atom stereocenters. The van der Waals surface area contributed by atoms with Gasteiger partial charge in [-0.1, -0.05) is 0 Å². The Morgan fingerprint density at radius 1 is 1.33 bits per heavy atom. The van der Waals surface area contributed by atoms with Crippen LogP contribution in [0.1, 0.15) is 34.8 Å².